The number of aliphatic hydroxyl groups is 1. The Hall–Kier alpha value is -1.57. The molecule has 0 fully saturated rings. The summed E-state index contributed by atoms with van der Waals surface area (Å²) < 4.78 is 40.0. The van der Waals surface area contributed by atoms with Gasteiger partial charge in [0, 0.05) is 37.3 Å². The maximum absolute atomic E-state index is 12.8. The second-order valence-corrected chi connectivity index (χ2v) is 7.32. The summed E-state index contributed by atoms with van der Waals surface area (Å²) in [6, 6.07) is 7.05. The third-order valence-corrected chi connectivity index (χ3v) is 4.94. The molecule has 2 aromatic rings. The number of aromatic nitrogens is 2. The Kier molecular flexibility index (Phi) is 5.60. The van der Waals surface area contributed by atoms with Crippen LogP contribution in [-0.2, 0) is 19.1 Å². The summed E-state index contributed by atoms with van der Waals surface area (Å²) in [5, 5.41) is 11.0. The van der Waals surface area contributed by atoms with E-state index in [4.69, 9.17) is 11.6 Å². The molecule has 1 aliphatic rings. The summed E-state index contributed by atoms with van der Waals surface area (Å²) >= 11 is 5.85. The van der Waals surface area contributed by atoms with Crippen LogP contribution in [0.5, 0.6) is 0 Å². The molecule has 8 heteroatoms. The largest absolute Gasteiger partial charge is 0.434 e. The first-order chi connectivity index (χ1) is 12.2. The predicted octanol–water partition coefficient (Wildman–Crippen LogP) is 3.78. The highest BCUT2D eigenvalue weighted by molar-refractivity contribution is 6.30. The fourth-order valence-electron chi connectivity index (χ4n) is 3.40. The molecule has 0 saturated heterocycles. The van der Waals surface area contributed by atoms with Crippen LogP contribution >= 0.6 is 11.6 Å². The van der Waals surface area contributed by atoms with Gasteiger partial charge in [-0.15, -0.1) is 0 Å². The van der Waals surface area contributed by atoms with Crippen molar-refractivity contribution in [3.63, 3.8) is 0 Å². The summed E-state index contributed by atoms with van der Waals surface area (Å²) in [6.45, 7) is 1.66. The second-order valence-electron chi connectivity index (χ2n) is 6.89. The van der Waals surface area contributed by atoms with Crippen molar-refractivity contribution < 1.29 is 18.3 Å². The number of benzene rings is 1. The number of hydrogen-bond donors (Lipinski definition) is 1. The summed E-state index contributed by atoms with van der Waals surface area (Å²) in [5.41, 5.74) is -0.0312. The zero-order valence-electron chi connectivity index (χ0n) is 14.4. The molecule has 1 aromatic heterocycles. The number of fused-ring (bicyclic) bond motifs is 1. The van der Waals surface area contributed by atoms with Crippen molar-refractivity contribution in [1.29, 1.82) is 0 Å². The van der Waals surface area contributed by atoms with Crippen LogP contribution in [-0.4, -0.2) is 39.7 Å². The van der Waals surface area contributed by atoms with Crippen molar-refractivity contribution >= 4 is 11.6 Å². The van der Waals surface area contributed by atoms with Crippen LogP contribution in [0.1, 0.15) is 29.6 Å². The fourth-order valence-corrected chi connectivity index (χ4v) is 3.53. The third kappa shape index (κ3) is 4.58. The number of halogens is 4. The maximum Gasteiger partial charge on any atom is 0.434 e. The number of alkyl halides is 3. The third-order valence-electron chi connectivity index (χ3n) is 4.69. The molecule has 2 heterocycles. The van der Waals surface area contributed by atoms with Gasteiger partial charge in [-0.1, -0.05) is 23.7 Å². The van der Waals surface area contributed by atoms with Gasteiger partial charge in [0.2, 0.25) is 0 Å². The zero-order valence-corrected chi connectivity index (χ0v) is 15.1. The first kappa shape index (κ1) is 19.2. The minimum atomic E-state index is -4.40. The van der Waals surface area contributed by atoms with Crippen molar-refractivity contribution in [2.45, 2.75) is 31.7 Å². The first-order valence-corrected chi connectivity index (χ1v) is 8.85. The van der Waals surface area contributed by atoms with Crippen LogP contribution in [0.4, 0.5) is 13.2 Å². The maximum atomic E-state index is 12.8. The molecule has 142 valence electrons. The van der Waals surface area contributed by atoms with E-state index in [-0.39, 0.29) is 5.92 Å². The molecule has 0 spiro atoms. The predicted molar refractivity (Wildman–Crippen MR) is 92.9 cm³/mol. The second kappa shape index (κ2) is 7.58. The van der Waals surface area contributed by atoms with E-state index < -0.39 is 18.0 Å². The molecule has 0 radical (unpaired) electrons. The van der Waals surface area contributed by atoms with Gasteiger partial charge in [-0.2, -0.15) is 13.2 Å². The van der Waals surface area contributed by atoms with Gasteiger partial charge in [-0.3, -0.25) is 0 Å². The van der Waals surface area contributed by atoms with Gasteiger partial charge in [-0.05, 0) is 37.1 Å². The number of nitrogens with zero attached hydrogens (tertiary/aromatic N) is 3. The highest BCUT2D eigenvalue weighted by Gasteiger charge is 2.35. The van der Waals surface area contributed by atoms with Crippen molar-refractivity contribution in [2.24, 2.45) is 5.92 Å². The molecule has 2 atom stereocenters. The minimum Gasteiger partial charge on any atom is -0.387 e. The van der Waals surface area contributed by atoms with Gasteiger partial charge in [0.15, 0.2) is 5.69 Å². The van der Waals surface area contributed by atoms with E-state index in [1.807, 2.05) is 11.9 Å². The summed E-state index contributed by atoms with van der Waals surface area (Å²) in [4.78, 5) is 5.71. The number of imidazole rings is 1. The first-order valence-electron chi connectivity index (χ1n) is 8.47. The summed E-state index contributed by atoms with van der Waals surface area (Å²) in [5.74, 6) is 0.720. The number of rotatable bonds is 5. The fraction of sp³-hybridized carbons (Fsp3) is 0.500. The minimum absolute atomic E-state index is 0.222. The lowest BCUT2D eigenvalue weighted by atomic mass is 9.98. The molecule has 1 N–H and O–H groups in total. The molecule has 1 aliphatic heterocycles. The Bertz CT molecular complexity index is 745. The Morgan fingerprint density at radius 1 is 1.35 bits per heavy atom. The molecular formula is C18H21ClF3N3O. The topological polar surface area (TPSA) is 41.3 Å². The molecule has 0 aliphatic carbocycles. The van der Waals surface area contributed by atoms with E-state index in [0.29, 0.717) is 36.9 Å². The van der Waals surface area contributed by atoms with Crippen LogP contribution in [0.3, 0.4) is 0 Å². The number of likely N-dealkylation sites (N-methyl/N-ethyl adjacent to an activating group) is 1. The lowest BCUT2D eigenvalue weighted by molar-refractivity contribution is -0.141. The Morgan fingerprint density at radius 2 is 2.04 bits per heavy atom. The molecule has 26 heavy (non-hydrogen) atoms. The van der Waals surface area contributed by atoms with Gasteiger partial charge in [0.05, 0.1) is 6.10 Å². The summed E-state index contributed by atoms with van der Waals surface area (Å²) in [6.07, 6.45) is -2.62. The highest BCUT2D eigenvalue weighted by Crippen LogP contribution is 2.31. The highest BCUT2D eigenvalue weighted by atomic mass is 35.5. The zero-order chi connectivity index (χ0) is 18.9. The molecule has 4 nitrogen and oxygen atoms in total. The molecule has 0 amide bonds. The van der Waals surface area contributed by atoms with E-state index in [9.17, 15) is 18.3 Å². The van der Waals surface area contributed by atoms with Gasteiger partial charge in [-0.25, -0.2) is 4.98 Å². The van der Waals surface area contributed by atoms with E-state index in [0.717, 1.165) is 18.2 Å². The van der Waals surface area contributed by atoms with E-state index in [2.05, 4.69) is 4.98 Å². The molecule has 1 aromatic carbocycles. The van der Waals surface area contributed by atoms with Crippen LogP contribution in [0.2, 0.25) is 5.02 Å². The Balaban J connectivity index is 1.56. The Morgan fingerprint density at radius 3 is 2.69 bits per heavy atom. The van der Waals surface area contributed by atoms with Crippen LogP contribution < -0.4 is 0 Å². The van der Waals surface area contributed by atoms with Crippen molar-refractivity contribution in [3.05, 3.63) is 52.6 Å². The molecule has 0 unspecified atom stereocenters. The number of aliphatic hydroxyl groups excluding tert-OH is 1. The summed E-state index contributed by atoms with van der Waals surface area (Å²) in [7, 11) is 1.91. The lowest BCUT2D eigenvalue weighted by Gasteiger charge is -2.29. The molecule has 0 bridgehead atoms. The van der Waals surface area contributed by atoms with Crippen molar-refractivity contribution in [3.8, 4) is 0 Å². The standard InChI is InChI=1S/C18H21ClF3N3O/c1-24(10-15(26)13-3-5-14(19)6-4-13)8-12-2-7-17-23-16(18(20,21)22)11-25(17)9-12/h3-6,11-12,15,26H,2,7-10H2,1H3/t12-,15-/m1/s1. The van der Waals surface area contributed by atoms with Gasteiger partial charge >= 0.3 is 6.18 Å². The normalized spacial score (nSPS) is 18.8. The molecule has 3 rings (SSSR count). The van der Waals surface area contributed by atoms with Gasteiger partial charge in [0.1, 0.15) is 5.82 Å². The quantitative estimate of drug-likeness (QED) is 0.848. The SMILES string of the molecule is CN(C[C@H]1CCc2nc(C(F)(F)F)cn2C1)C[C@@H](O)c1ccc(Cl)cc1. The number of hydrogen-bond acceptors (Lipinski definition) is 3. The average Bonchev–Trinajstić information content (AvgIpc) is 2.99. The van der Waals surface area contributed by atoms with E-state index >= 15 is 0 Å². The van der Waals surface area contributed by atoms with Crippen LogP contribution in [0, 0.1) is 5.92 Å². The lowest BCUT2D eigenvalue weighted by Crippen LogP contribution is -2.33. The smallest absolute Gasteiger partial charge is 0.387 e. The van der Waals surface area contributed by atoms with Crippen LogP contribution in [0.25, 0.3) is 0 Å². The average molecular weight is 388 g/mol. The van der Waals surface area contributed by atoms with E-state index in [1.165, 1.54) is 0 Å². The Labute approximate surface area is 155 Å². The number of aryl methyl sites for hydroxylation is 1. The monoisotopic (exact) mass is 387 g/mol. The van der Waals surface area contributed by atoms with Crippen molar-refractivity contribution in [2.75, 3.05) is 20.1 Å². The van der Waals surface area contributed by atoms with E-state index in [1.54, 1.807) is 28.8 Å². The van der Waals surface area contributed by atoms with Gasteiger partial charge < -0.3 is 14.6 Å². The molecule has 0 saturated carbocycles. The van der Waals surface area contributed by atoms with Gasteiger partial charge in [0.25, 0.3) is 0 Å². The molecular weight excluding hydrogens is 367 g/mol. The van der Waals surface area contributed by atoms with Crippen LogP contribution in [0.15, 0.2) is 30.5 Å². The van der Waals surface area contributed by atoms with Crippen molar-refractivity contribution in [1.82, 2.24) is 14.5 Å².